The Balaban J connectivity index is 3.28. The summed E-state index contributed by atoms with van der Waals surface area (Å²) < 4.78 is 5.52. The van der Waals surface area contributed by atoms with Crippen LogP contribution in [0, 0.1) is 0 Å². The maximum absolute atomic E-state index is 12.5. The molecule has 0 aliphatic rings. The number of hydrogen-bond acceptors (Lipinski definition) is 5. The van der Waals surface area contributed by atoms with Crippen molar-refractivity contribution in [2.75, 3.05) is 13.2 Å². The Bertz CT molecular complexity index is 1380. The minimum atomic E-state index is -0.839. The largest absolute Gasteiger partial charge is 0.466 e. The summed E-state index contributed by atoms with van der Waals surface area (Å²) in [7, 11) is 0. The van der Waals surface area contributed by atoms with Gasteiger partial charge in [-0.05, 0) is 57.8 Å². The predicted molar refractivity (Wildman–Crippen MR) is 389 cm³/mol. The fourth-order valence-corrected chi connectivity index (χ4v) is 13.0. The van der Waals surface area contributed by atoms with Crippen LogP contribution in [-0.2, 0) is 14.3 Å². The second-order valence-electron chi connectivity index (χ2n) is 28.1. The quantitative estimate of drug-likeness (QED) is 0.0320. The number of carbonyl (C=O) groups is 2. The highest BCUT2D eigenvalue weighted by atomic mass is 16.5. The maximum atomic E-state index is 12.5. The Morgan fingerprint density at radius 2 is 0.534 bits per heavy atom. The summed E-state index contributed by atoms with van der Waals surface area (Å²) >= 11 is 0. The molecule has 0 aromatic rings. The van der Waals surface area contributed by atoms with Crippen LogP contribution in [0.2, 0.25) is 0 Å². The highest BCUT2D eigenvalue weighted by Crippen LogP contribution is 2.20. The van der Waals surface area contributed by atoms with Gasteiger partial charge in [-0.3, -0.25) is 9.59 Å². The number of esters is 1. The van der Waals surface area contributed by atoms with E-state index in [9.17, 15) is 19.8 Å². The smallest absolute Gasteiger partial charge is 0.305 e. The lowest BCUT2D eigenvalue weighted by atomic mass is 10.0. The van der Waals surface area contributed by atoms with E-state index in [4.69, 9.17) is 4.74 Å². The van der Waals surface area contributed by atoms with Gasteiger partial charge in [0.25, 0.3) is 0 Å². The van der Waals surface area contributed by atoms with Crippen molar-refractivity contribution in [3.63, 3.8) is 0 Å². The van der Waals surface area contributed by atoms with E-state index in [1.807, 2.05) is 6.08 Å². The number of allylic oxidation sites excluding steroid dienone is 3. The lowest BCUT2D eigenvalue weighted by molar-refractivity contribution is -0.143. The Morgan fingerprint density at radius 3 is 0.807 bits per heavy atom. The third kappa shape index (κ3) is 73.4. The molecule has 2 atom stereocenters. The topological polar surface area (TPSA) is 95.9 Å². The molecule has 88 heavy (non-hydrogen) atoms. The Labute approximate surface area is 551 Å². The molecule has 0 aromatic heterocycles. The van der Waals surface area contributed by atoms with Crippen LogP contribution >= 0.6 is 0 Å². The van der Waals surface area contributed by atoms with Gasteiger partial charge < -0.3 is 20.3 Å². The molecule has 0 fully saturated rings. The van der Waals surface area contributed by atoms with E-state index < -0.39 is 12.1 Å². The molecule has 1 amide bonds. The van der Waals surface area contributed by atoms with Gasteiger partial charge in [0, 0.05) is 12.8 Å². The van der Waals surface area contributed by atoms with Gasteiger partial charge in [0.2, 0.25) is 5.91 Å². The van der Waals surface area contributed by atoms with Crippen LogP contribution in [0.1, 0.15) is 463 Å². The molecule has 522 valence electrons. The first-order valence-corrected chi connectivity index (χ1v) is 40.6. The van der Waals surface area contributed by atoms with Gasteiger partial charge in [0.05, 0.1) is 25.4 Å². The van der Waals surface area contributed by atoms with Crippen molar-refractivity contribution < 1.29 is 24.5 Å². The van der Waals surface area contributed by atoms with Crippen molar-refractivity contribution in [2.24, 2.45) is 0 Å². The predicted octanol–water partition coefficient (Wildman–Crippen LogP) is 26.8. The Kier molecular flexibility index (Phi) is 76.3. The summed E-state index contributed by atoms with van der Waals surface area (Å²) in [6.45, 7) is 4.94. The van der Waals surface area contributed by atoms with E-state index in [0.717, 1.165) is 38.5 Å². The van der Waals surface area contributed by atoms with Gasteiger partial charge in [-0.1, -0.05) is 417 Å². The SMILES string of the molecule is CCCCCCCCC/C=C\CCCCCCCCCC(=O)OCCCCCCCCCCCCCCCCCCCCCCCCCCCCCCCCCCCCCCCCCC(=O)NC(CO)C(O)/C=C/CCCCCCCCCCCCCC. The molecule has 0 aromatic carbocycles. The summed E-state index contributed by atoms with van der Waals surface area (Å²) in [5.41, 5.74) is 0. The van der Waals surface area contributed by atoms with Crippen LogP contribution in [0.25, 0.3) is 0 Å². The van der Waals surface area contributed by atoms with Crippen LogP contribution in [0.15, 0.2) is 24.3 Å². The highest BCUT2D eigenvalue weighted by Gasteiger charge is 2.18. The molecule has 0 heterocycles. The molecule has 0 radical (unpaired) electrons. The average molecular weight is 1240 g/mol. The lowest BCUT2D eigenvalue weighted by Crippen LogP contribution is -2.45. The van der Waals surface area contributed by atoms with Gasteiger partial charge in [-0.25, -0.2) is 0 Å². The zero-order valence-corrected chi connectivity index (χ0v) is 60.0. The minimum Gasteiger partial charge on any atom is -0.466 e. The molecular formula is C82H159NO5. The zero-order chi connectivity index (χ0) is 63.5. The van der Waals surface area contributed by atoms with Crippen molar-refractivity contribution in [1.82, 2.24) is 5.32 Å². The first-order chi connectivity index (χ1) is 43.5. The summed E-state index contributed by atoms with van der Waals surface area (Å²) in [6, 6.07) is -0.622. The van der Waals surface area contributed by atoms with Gasteiger partial charge >= 0.3 is 5.97 Å². The number of carbonyl (C=O) groups excluding carboxylic acids is 2. The molecule has 6 heteroatoms. The van der Waals surface area contributed by atoms with Gasteiger partial charge in [-0.15, -0.1) is 0 Å². The van der Waals surface area contributed by atoms with E-state index in [2.05, 4.69) is 31.3 Å². The first-order valence-electron chi connectivity index (χ1n) is 40.6. The number of ether oxygens (including phenoxy) is 1. The molecule has 3 N–H and O–H groups in total. The van der Waals surface area contributed by atoms with Gasteiger partial charge in [-0.2, -0.15) is 0 Å². The second kappa shape index (κ2) is 77.8. The number of nitrogens with one attached hydrogen (secondary N) is 1. The van der Waals surface area contributed by atoms with E-state index in [-0.39, 0.29) is 18.5 Å². The molecule has 6 nitrogen and oxygen atoms in total. The van der Waals surface area contributed by atoms with Gasteiger partial charge in [0.1, 0.15) is 0 Å². The monoisotopic (exact) mass is 1240 g/mol. The summed E-state index contributed by atoms with van der Waals surface area (Å²) in [4.78, 5) is 24.6. The van der Waals surface area contributed by atoms with E-state index >= 15 is 0 Å². The molecule has 0 rings (SSSR count). The molecule has 0 bridgehead atoms. The summed E-state index contributed by atoms with van der Waals surface area (Å²) in [5, 5.41) is 23.2. The normalized spacial score (nSPS) is 12.5. The van der Waals surface area contributed by atoms with Crippen LogP contribution in [0.5, 0.6) is 0 Å². The summed E-state index contributed by atoms with van der Waals surface area (Å²) in [6.07, 6.45) is 100. The standard InChI is InChI=1S/C82H159NO5/c1-3-5-7-9-11-13-15-17-19-20-45-48-52-56-60-64-68-72-76-82(87)88-77-73-69-65-61-57-53-49-46-43-41-39-37-35-33-31-29-27-25-23-21-22-24-26-28-30-32-34-36-38-40-42-44-47-51-55-59-63-67-71-75-81(86)83-79(78-84)80(85)74-70-66-62-58-54-50-18-16-14-12-10-8-6-4-2/h19-20,70,74,79-80,84-85H,3-18,21-69,71-73,75-78H2,1-2H3,(H,83,86)/b20-19-,74-70+. The van der Waals surface area contributed by atoms with Crippen molar-refractivity contribution in [1.29, 1.82) is 0 Å². The van der Waals surface area contributed by atoms with Crippen LogP contribution in [0.3, 0.4) is 0 Å². The van der Waals surface area contributed by atoms with Crippen LogP contribution < -0.4 is 5.32 Å². The molecular weight excluding hydrogens is 1080 g/mol. The Hall–Kier alpha value is -1.66. The van der Waals surface area contributed by atoms with E-state index in [1.54, 1.807) is 6.08 Å². The third-order valence-corrected chi connectivity index (χ3v) is 19.2. The van der Waals surface area contributed by atoms with Crippen LogP contribution in [-0.4, -0.2) is 47.4 Å². The number of aliphatic hydroxyl groups is 2. The van der Waals surface area contributed by atoms with Crippen molar-refractivity contribution >= 4 is 11.9 Å². The van der Waals surface area contributed by atoms with Gasteiger partial charge in [0.15, 0.2) is 0 Å². The number of aliphatic hydroxyl groups excluding tert-OH is 2. The molecule has 2 unspecified atom stereocenters. The Morgan fingerprint density at radius 1 is 0.307 bits per heavy atom. The third-order valence-electron chi connectivity index (χ3n) is 19.2. The molecule has 0 saturated heterocycles. The van der Waals surface area contributed by atoms with E-state index in [1.165, 1.54) is 398 Å². The summed E-state index contributed by atoms with van der Waals surface area (Å²) in [5.74, 6) is -0.0372. The first kappa shape index (κ1) is 86.3. The fourth-order valence-electron chi connectivity index (χ4n) is 13.0. The maximum Gasteiger partial charge on any atom is 0.305 e. The van der Waals surface area contributed by atoms with E-state index in [0.29, 0.717) is 19.4 Å². The van der Waals surface area contributed by atoms with Crippen molar-refractivity contribution in [2.45, 2.75) is 475 Å². The minimum absolute atomic E-state index is 0.0219. The molecule has 0 aliphatic carbocycles. The zero-order valence-electron chi connectivity index (χ0n) is 60.0. The van der Waals surface area contributed by atoms with Crippen molar-refractivity contribution in [3.05, 3.63) is 24.3 Å². The molecule has 0 aliphatic heterocycles. The number of amides is 1. The molecule has 0 spiro atoms. The lowest BCUT2D eigenvalue weighted by Gasteiger charge is -2.20. The molecule has 0 saturated carbocycles. The number of hydrogen-bond donors (Lipinski definition) is 3. The number of rotatable bonds is 77. The number of unbranched alkanes of at least 4 members (excludes halogenated alkanes) is 64. The highest BCUT2D eigenvalue weighted by molar-refractivity contribution is 5.76. The van der Waals surface area contributed by atoms with Crippen molar-refractivity contribution in [3.8, 4) is 0 Å². The second-order valence-corrected chi connectivity index (χ2v) is 28.1. The van der Waals surface area contributed by atoms with Crippen LogP contribution in [0.4, 0.5) is 0 Å². The fraction of sp³-hybridized carbons (Fsp3) is 0.927. The average Bonchev–Trinajstić information content (AvgIpc) is 3.58.